The highest BCUT2D eigenvalue weighted by atomic mass is 16.2. The van der Waals surface area contributed by atoms with E-state index in [1.165, 1.54) is 0 Å². The minimum absolute atomic E-state index is 0.00173. The van der Waals surface area contributed by atoms with Gasteiger partial charge in [0.2, 0.25) is 0 Å². The van der Waals surface area contributed by atoms with Gasteiger partial charge in [0.1, 0.15) is 11.5 Å². The number of anilines is 3. The maximum absolute atomic E-state index is 10.9. The van der Waals surface area contributed by atoms with E-state index in [0.717, 1.165) is 11.3 Å². The van der Waals surface area contributed by atoms with Crippen LogP contribution < -0.4 is 22.1 Å². The maximum atomic E-state index is 10.9. The van der Waals surface area contributed by atoms with Gasteiger partial charge in [0.05, 0.1) is 17.4 Å². The molecule has 7 nitrogen and oxygen atoms in total. The number of nitrogens with zero attached hydrogens (tertiary/aromatic N) is 2. The monoisotopic (exact) mass is 296 g/mol. The zero-order valence-corrected chi connectivity index (χ0v) is 12.0. The van der Waals surface area contributed by atoms with Crippen LogP contribution in [-0.4, -0.2) is 22.8 Å². The van der Waals surface area contributed by atoms with E-state index in [4.69, 9.17) is 11.5 Å². The van der Waals surface area contributed by atoms with E-state index >= 15 is 0 Å². The number of hydrogen-bond donors (Lipinski definition) is 4. The Hall–Kier alpha value is -3.09. The summed E-state index contributed by atoms with van der Waals surface area (Å²) in [6.07, 6.45) is 0. The first-order valence-electron chi connectivity index (χ1n) is 6.82. The summed E-state index contributed by atoms with van der Waals surface area (Å²) in [6.45, 7) is 2.01. The number of aliphatic imine (C=N–C) groups is 1. The molecule has 1 aliphatic rings. The lowest BCUT2D eigenvalue weighted by atomic mass is 10.0. The van der Waals surface area contributed by atoms with Crippen LogP contribution in [0, 0.1) is 0 Å². The summed E-state index contributed by atoms with van der Waals surface area (Å²) in [6, 6.07) is 10.8. The lowest BCUT2D eigenvalue weighted by Gasteiger charge is -2.25. The number of carbonyl (C=O) groups excluding carboxylic acids is 1. The quantitative estimate of drug-likeness (QED) is 0.678. The van der Waals surface area contributed by atoms with E-state index in [0.29, 0.717) is 17.2 Å². The molecule has 0 spiro atoms. The van der Waals surface area contributed by atoms with Gasteiger partial charge in [-0.25, -0.2) is 14.8 Å². The predicted molar refractivity (Wildman–Crippen MR) is 87.6 cm³/mol. The van der Waals surface area contributed by atoms with Gasteiger partial charge < -0.3 is 16.8 Å². The number of carbonyl (C=O) groups is 1. The van der Waals surface area contributed by atoms with Crippen molar-refractivity contribution in [3.8, 4) is 0 Å². The number of fused-ring (bicyclic) bond motifs is 1. The fourth-order valence-electron chi connectivity index (χ4n) is 2.42. The van der Waals surface area contributed by atoms with E-state index in [2.05, 4.69) is 20.6 Å². The van der Waals surface area contributed by atoms with Crippen LogP contribution in [0.1, 0.15) is 12.5 Å². The zero-order valence-electron chi connectivity index (χ0n) is 12.0. The minimum Gasteiger partial charge on any atom is -0.382 e. The molecular formula is C15H16N6O. The van der Waals surface area contributed by atoms with Crippen LogP contribution in [-0.2, 0) is 0 Å². The second-order valence-corrected chi connectivity index (χ2v) is 5.01. The Morgan fingerprint density at radius 1 is 1.32 bits per heavy atom. The molecule has 2 aromatic rings. The molecule has 1 aromatic heterocycles. The smallest absolute Gasteiger partial charge is 0.317 e. The Balaban J connectivity index is 2.05. The second kappa shape index (κ2) is 5.36. The molecule has 0 saturated carbocycles. The molecule has 0 saturated heterocycles. The first-order valence-corrected chi connectivity index (χ1v) is 6.82. The molecular weight excluding hydrogens is 280 g/mol. The number of rotatable bonds is 2. The van der Waals surface area contributed by atoms with E-state index in [1.54, 1.807) is 6.07 Å². The number of benzene rings is 1. The van der Waals surface area contributed by atoms with Gasteiger partial charge in [-0.3, -0.25) is 5.32 Å². The summed E-state index contributed by atoms with van der Waals surface area (Å²) in [7, 11) is 0. The zero-order chi connectivity index (χ0) is 15.7. The average Bonchev–Trinajstić information content (AvgIpc) is 2.46. The van der Waals surface area contributed by atoms with Crippen molar-refractivity contribution >= 4 is 34.8 Å². The van der Waals surface area contributed by atoms with Gasteiger partial charge in [-0.05, 0) is 12.5 Å². The Morgan fingerprint density at radius 3 is 2.73 bits per heavy atom. The predicted octanol–water partition coefficient (Wildman–Crippen LogP) is 2.09. The minimum atomic E-state index is -0.691. The number of amides is 2. The molecule has 1 aromatic carbocycles. The fraction of sp³-hybridized carbons (Fsp3) is 0.133. The number of primary amides is 1. The highest BCUT2D eigenvalue weighted by molar-refractivity contribution is 6.10. The molecule has 0 radical (unpaired) electrons. The topological polar surface area (TPSA) is 118 Å². The summed E-state index contributed by atoms with van der Waals surface area (Å²) in [5, 5.41) is 5.73. The largest absolute Gasteiger partial charge is 0.382 e. The van der Waals surface area contributed by atoms with Crippen LogP contribution in [0.2, 0.25) is 0 Å². The van der Waals surface area contributed by atoms with E-state index in [9.17, 15) is 4.79 Å². The van der Waals surface area contributed by atoms with Gasteiger partial charge in [-0.15, -0.1) is 0 Å². The fourth-order valence-corrected chi connectivity index (χ4v) is 2.42. The summed E-state index contributed by atoms with van der Waals surface area (Å²) in [4.78, 5) is 19.7. The molecule has 112 valence electrons. The van der Waals surface area contributed by atoms with Crippen LogP contribution in [0.3, 0.4) is 0 Å². The van der Waals surface area contributed by atoms with E-state index < -0.39 is 6.03 Å². The molecule has 0 aliphatic carbocycles. The molecule has 2 amide bonds. The van der Waals surface area contributed by atoms with Crippen molar-refractivity contribution in [1.82, 2.24) is 4.98 Å². The average molecular weight is 296 g/mol. The van der Waals surface area contributed by atoms with Gasteiger partial charge in [0, 0.05) is 6.07 Å². The number of pyridine rings is 1. The molecule has 1 aliphatic heterocycles. The summed E-state index contributed by atoms with van der Waals surface area (Å²) in [5.41, 5.74) is 14.2. The molecule has 2 heterocycles. The van der Waals surface area contributed by atoms with Gasteiger partial charge in [-0.1, -0.05) is 30.3 Å². The van der Waals surface area contributed by atoms with Crippen LogP contribution in [0.5, 0.6) is 0 Å². The Bertz CT molecular complexity index is 756. The van der Waals surface area contributed by atoms with E-state index in [-0.39, 0.29) is 11.9 Å². The molecule has 22 heavy (non-hydrogen) atoms. The second-order valence-electron chi connectivity index (χ2n) is 5.01. The third kappa shape index (κ3) is 2.56. The number of nitrogen functional groups attached to an aromatic ring is 1. The Morgan fingerprint density at radius 2 is 2.05 bits per heavy atom. The summed E-state index contributed by atoms with van der Waals surface area (Å²) < 4.78 is 0. The van der Waals surface area contributed by atoms with Crippen molar-refractivity contribution in [1.29, 1.82) is 0 Å². The van der Waals surface area contributed by atoms with Gasteiger partial charge in [0.15, 0.2) is 5.82 Å². The molecule has 0 bridgehead atoms. The molecule has 0 fully saturated rings. The molecule has 1 atom stereocenters. The van der Waals surface area contributed by atoms with Gasteiger partial charge >= 0.3 is 6.03 Å². The van der Waals surface area contributed by atoms with E-state index in [1.807, 2.05) is 37.3 Å². The molecule has 7 heteroatoms. The number of nitrogens with two attached hydrogens (primary N) is 2. The SMILES string of the molecule is CC1Nc2cc(NC(N)=O)nc(N)c2N=C1c1ccccc1. The molecule has 1 unspecified atom stereocenters. The maximum Gasteiger partial charge on any atom is 0.317 e. The number of nitrogens with one attached hydrogen (secondary N) is 2. The highest BCUT2D eigenvalue weighted by Gasteiger charge is 2.22. The van der Waals surface area contributed by atoms with Crippen LogP contribution >= 0.6 is 0 Å². The Kier molecular flexibility index (Phi) is 3.38. The number of hydrogen-bond acceptors (Lipinski definition) is 5. The summed E-state index contributed by atoms with van der Waals surface area (Å²) >= 11 is 0. The number of urea groups is 1. The Labute approximate surface area is 127 Å². The van der Waals surface area contributed by atoms with Crippen molar-refractivity contribution in [2.24, 2.45) is 10.7 Å². The molecule has 6 N–H and O–H groups in total. The highest BCUT2D eigenvalue weighted by Crippen LogP contribution is 2.37. The van der Waals surface area contributed by atoms with Crippen LogP contribution in [0.25, 0.3) is 0 Å². The third-order valence-electron chi connectivity index (χ3n) is 3.35. The first kappa shape index (κ1) is 13.9. The lowest BCUT2D eigenvalue weighted by molar-refractivity contribution is 0.259. The van der Waals surface area contributed by atoms with Crippen LogP contribution in [0.4, 0.5) is 27.8 Å². The summed E-state index contributed by atoms with van der Waals surface area (Å²) in [5.74, 6) is 0.524. The number of aromatic nitrogens is 1. The van der Waals surface area contributed by atoms with Crippen molar-refractivity contribution in [3.05, 3.63) is 42.0 Å². The van der Waals surface area contributed by atoms with Gasteiger partial charge in [0.25, 0.3) is 0 Å². The van der Waals surface area contributed by atoms with Crippen molar-refractivity contribution in [3.63, 3.8) is 0 Å². The van der Waals surface area contributed by atoms with Crippen molar-refractivity contribution < 1.29 is 4.79 Å². The van der Waals surface area contributed by atoms with Crippen molar-refractivity contribution in [2.45, 2.75) is 13.0 Å². The normalized spacial score (nSPS) is 16.2. The third-order valence-corrected chi connectivity index (χ3v) is 3.35. The molecule has 3 rings (SSSR count). The van der Waals surface area contributed by atoms with Gasteiger partial charge in [-0.2, -0.15) is 0 Å². The van der Waals surface area contributed by atoms with Crippen molar-refractivity contribution in [2.75, 3.05) is 16.4 Å². The lowest BCUT2D eigenvalue weighted by Crippen LogP contribution is -2.30. The first-order chi connectivity index (χ1) is 10.5. The van der Waals surface area contributed by atoms with Crippen LogP contribution in [0.15, 0.2) is 41.4 Å². The standard InChI is InChI=1S/C15H16N6O/c1-8-12(9-5-3-2-4-6-9)21-13-10(18-8)7-11(19-14(13)16)20-15(17)22/h2-8,18H,1H3,(H5,16,17,19,20,22).